The first kappa shape index (κ1) is 19.0. The van der Waals surface area contributed by atoms with E-state index >= 15 is 0 Å². The van der Waals surface area contributed by atoms with Gasteiger partial charge in [-0.2, -0.15) is 0 Å². The van der Waals surface area contributed by atoms with Crippen molar-refractivity contribution in [2.24, 2.45) is 0 Å². The summed E-state index contributed by atoms with van der Waals surface area (Å²) in [4.78, 5) is 26.6. The van der Waals surface area contributed by atoms with Crippen molar-refractivity contribution in [3.63, 3.8) is 0 Å². The fourth-order valence-corrected chi connectivity index (χ4v) is 3.09. The van der Waals surface area contributed by atoms with Gasteiger partial charge < -0.3 is 9.47 Å². The maximum Gasteiger partial charge on any atom is 0.277 e. The van der Waals surface area contributed by atoms with Crippen molar-refractivity contribution in [1.29, 1.82) is 0 Å². The number of ether oxygens (including phenoxy) is 2. The quantitative estimate of drug-likeness (QED) is 0.692. The summed E-state index contributed by atoms with van der Waals surface area (Å²) >= 11 is 6.22. The summed E-state index contributed by atoms with van der Waals surface area (Å²) in [5.74, 6) is 0.362. The third-order valence-corrected chi connectivity index (χ3v) is 4.30. The zero-order chi connectivity index (χ0) is 19.6. The van der Waals surface area contributed by atoms with Crippen LogP contribution in [0.3, 0.4) is 0 Å². The number of amides is 2. The van der Waals surface area contributed by atoms with Crippen molar-refractivity contribution >= 4 is 34.7 Å². The van der Waals surface area contributed by atoms with Crippen molar-refractivity contribution in [1.82, 2.24) is 0 Å². The van der Waals surface area contributed by atoms with Crippen LogP contribution in [-0.4, -0.2) is 24.5 Å². The highest BCUT2D eigenvalue weighted by molar-refractivity contribution is 6.60. The average molecular weight is 386 g/mol. The Kier molecular flexibility index (Phi) is 5.51. The van der Waals surface area contributed by atoms with Gasteiger partial charge in [0.1, 0.15) is 16.5 Å². The lowest BCUT2D eigenvalue weighted by atomic mass is 10.1. The average Bonchev–Trinajstić information content (AvgIpc) is 2.86. The molecule has 2 aromatic rings. The van der Waals surface area contributed by atoms with Gasteiger partial charge in [-0.05, 0) is 62.7 Å². The van der Waals surface area contributed by atoms with E-state index < -0.39 is 11.8 Å². The molecular weight excluding hydrogens is 366 g/mol. The second-order valence-electron chi connectivity index (χ2n) is 6.25. The number of hydrogen-bond acceptors (Lipinski definition) is 4. The molecular formula is C21H20ClNO4. The van der Waals surface area contributed by atoms with Crippen LogP contribution in [0.2, 0.25) is 0 Å². The predicted octanol–water partition coefficient (Wildman–Crippen LogP) is 4.40. The molecule has 140 valence electrons. The Hall–Kier alpha value is -2.79. The molecule has 0 aromatic heterocycles. The van der Waals surface area contributed by atoms with Crippen LogP contribution >= 0.6 is 11.6 Å². The maximum atomic E-state index is 12.9. The number of imide groups is 1. The van der Waals surface area contributed by atoms with Gasteiger partial charge in [-0.15, -0.1) is 0 Å². The van der Waals surface area contributed by atoms with E-state index in [1.54, 1.807) is 48.5 Å². The highest BCUT2D eigenvalue weighted by Crippen LogP contribution is 2.35. The number of halogens is 1. The molecule has 0 fully saturated rings. The van der Waals surface area contributed by atoms with E-state index in [0.717, 1.165) is 4.90 Å². The molecule has 2 aromatic carbocycles. The third kappa shape index (κ3) is 3.83. The zero-order valence-corrected chi connectivity index (χ0v) is 16.1. The first-order chi connectivity index (χ1) is 12.9. The fraction of sp³-hybridized carbons (Fsp3) is 0.238. The predicted molar refractivity (Wildman–Crippen MR) is 105 cm³/mol. The molecule has 0 radical (unpaired) electrons. The van der Waals surface area contributed by atoms with Crippen molar-refractivity contribution in [3.05, 3.63) is 59.1 Å². The van der Waals surface area contributed by atoms with Crippen LogP contribution in [0.25, 0.3) is 5.57 Å². The zero-order valence-electron chi connectivity index (χ0n) is 15.4. The van der Waals surface area contributed by atoms with Crippen molar-refractivity contribution in [2.45, 2.75) is 26.9 Å². The molecule has 0 N–H and O–H groups in total. The molecule has 1 aliphatic heterocycles. The van der Waals surface area contributed by atoms with Gasteiger partial charge in [0.2, 0.25) is 0 Å². The first-order valence-electron chi connectivity index (χ1n) is 8.71. The molecule has 5 nitrogen and oxygen atoms in total. The second-order valence-corrected chi connectivity index (χ2v) is 6.63. The lowest BCUT2D eigenvalue weighted by molar-refractivity contribution is -0.119. The summed E-state index contributed by atoms with van der Waals surface area (Å²) in [6, 6.07) is 13.7. The Labute approximate surface area is 163 Å². The number of anilines is 1. The lowest BCUT2D eigenvalue weighted by Gasteiger charge is -2.15. The number of carbonyl (C=O) groups excluding carboxylic acids is 2. The number of nitrogens with zero attached hydrogens (tertiary/aromatic N) is 1. The van der Waals surface area contributed by atoms with Crippen LogP contribution in [0.4, 0.5) is 5.69 Å². The third-order valence-electron chi connectivity index (χ3n) is 3.95. The van der Waals surface area contributed by atoms with Crippen LogP contribution in [0.15, 0.2) is 53.6 Å². The smallest absolute Gasteiger partial charge is 0.277 e. The van der Waals surface area contributed by atoms with Gasteiger partial charge in [-0.3, -0.25) is 9.59 Å². The molecule has 6 heteroatoms. The molecule has 0 saturated carbocycles. The molecule has 0 aliphatic carbocycles. The Morgan fingerprint density at radius 2 is 1.52 bits per heavy atom. The van der Waals surface area contributed by atoms with Gasteiger partial charge in [0.25, 0.3) is 11.8 Å². The van der Waals surface area contributed by atoms with Gasteiger partial charge in [0.05, 0.1) is 24.0 Å². The van der Waals surface area contributed by atoms with Crippen molar-refractivity contribution in [3.8, 4) is 11.5 Å². The largest absolute Gasteiger partial charge is 0.494 e. The van der Waals surface area contributed by atoms with E-state index in [0.29, 0.717) is 29.4 Å². The van der Waals surface area contributed by atoms with E-state index in [1.807, 2.05) is 20.8 Å². The van der Waals surface area contributed by atoms with Crippen molar-refractivity contribution in [2.75, 3.05) is 11.5 Å². The number of rotatable bonds is 6. The van der Waals surface area contributed by atoms with Crippen LogP contribution in [0.5, 0.6) is 11.5 Å². The van der Waals surface area contributed by atoms with E-state index in [-0.39, 0.29) is 16.7 Å². The molecule has 27 heavy (non-hydrogen) atoms. The fourth-order valence-electron chi connectivity index (χ4n) is 2.82. The molecule has 0 spiro atoms. The molecule has 0 unspecified atom stereocenters. The monoisotopic (exact) mass is 385 g/mol. The summed E-state index contributed by atoms with van der Waals surface area (Å²) < 4.78 is 11.0. The Morgan fingerprint density at radius 3 is 2.07 bits per heavy atom. The van der Waals surface area contributed by atoms with Gasteiger partial charge in [0, 0.05) is 0 Å². The Morgan fingerprint density at radius 1 is 0.926 bits per heavy atom. The minimum Gasteiger partial charge on any atom is -0.494 e. The van der Waals surface area contributed by atoms with Crippen LogP contribution in [-0.2, 0) is 9.59 Å². The van der Waals surface area contributed by atoms with Crippen LogP contribution < -0.4 is 14.4 Å². The maximum absolute atomic E-state index is 12.9. The minimum atomic E-state index is -0.539. The highest BCUT2D eigenvalue weighted by atomic mass is 35.5. The van der Waals surface area contributed by atoms with Gasteiger partial charge in [-0.1, -0.05) is 23.7 Å². The first-order valence-corrected chi connectivity index (χ1v) is 9.08. The van der Waals surface area contributed by atoms with Crippen LogP contribution in [0, 0.1) is 0 Å². The summed E-state index contributed by atoms with van der Waals surface area (Å²) in [6.07, 6.45) is 0.0449. The number of hydrogen-bond donors (Lipinski definition) is 0. The lowest BCUT2D eigenvalue weighted by Crippen LogP contribution is -2.31. The standard InChI is InChI=1S/C21H20ClNO4/c1-4-26-16-11-7-15(8-12-16)23-20(24)18(19(22)21(23)25)14-5-9-17(10-6-14)27-13(2)3/h5-13H,4H2,1-3H3. The summed E-state index contributed by atoms with van der Waals surface area (Å²) in [5, 5.41) is -0.0913. The Bertz CT molecular complexity index is 885. The van der Waals surface area contributed by atoms with Gasteiger partial charge in [-0.25, -0.2) is 4.90 Å². The molecule has 3 rings (SSSR count). The number of benzene rings is 2. The van der Waals surface area contributed by atoms with E-state index in [9.17, 15) is 9.59 Å². The van der Waals surface area contributed by atoms with Crippen LogP contribution in [0.1, 0.15) is 26.3 Å². The van der Waals surface area contributed by atoms with E-state index in [2.05, 4.69) is 0 Å². The highest BCUT2D eigenvalue weighted by Gasteiger charge is 2.39. The SMILES string of the molecule is CCOc1ccc(N2C(=O)C(Cl)=C(c3ccc(OC(C)C)cc3)C2=O)cc1. The summed E-state index contributed by atoms with van der Waals surface area (Å²) in [7, 11) is 0. The van der Waals surface area contributed by atoms with E-state index in [4.69, 9.17) is 21.1 Å². The van der Waals surface area contributed by atoms with E-state index in [1.165, 1.54) is 0 Å². The Balaban J connectivity index is 1.87. The molecule has 1 aliphatic rings. The molecule has 0 saturated heterocycles. The van der Waals surface area contributed by atoms with Gasteiger partial charge in [0.15, 0.2) is 0 Å². The molecule has 0 bridgehead atoms. The molecule has 2 amide bonds. The second kappa shape index (κ2) is 7.84. The number of carbonyl (C=O) groups is 2. The molecule has 1 heterocycles. The van der Waals surface area contributed by atoms with Gasteiger partial charge >= 0.3 is 0 Å². The topological polar surface area (TPSA) is 55.8 Å². The normalized spacial score (nSPS) is 14.3. The summed E-state index contributed by atoms with van der Waals surface area (Å²) in [5.41, 5.74) is 1.20. The minimum absolute atomic E-state index is 0.0449. The molecule has 0 atom stereocenters. The summed E-state index contributed by atoms with van der Waals surface area (Å²) in [6.45, 7) is 6.28. The van der Waals surface area contributed by atoms with Crippen molar-refractivity contribution < 1.29 is 19.1 Å².